The maximum Gasteiger partial charge on any atom is 0.233 e. The molecule has 34 heavy (non-hydrogen) atoms. The van der Waals surface area contributed by atoms with Crippen molar-refractivity contribution in [1.82, 2.24) is 30.0 Å². The van der Waals surface area contributed by atoms with Crippen molar-refractivity contribution in [1.29, 1.82) is 0 Å². The number of rotatable bonds is 6. The van der Waals surface area contributed by atoms with Gasteiger partial charge in [0.25, 0.3) is 0 Å². The fourth-order valence-electron chi connectivity index (χ4n) is 4.46. The van der Waals surface area contributed by atoms with Crippen LogP contribution in [0, 0.1) is 0 Å². The Morgan fingerprint density at radius 1 is 1.24 bits per heavy atom. The Morgan fingerprint density at radius 2 is 2.00 bits per heavy atom. The van der Waals surface area contributed by atoms with E-state index in [9.17, 15) is 9.59 Å². The molecule has 5 rings (SSSR count). The summed E-state index contributed by atoms with van der Waals surface area (Å²) in [5.41, 5.74) is 3.47. The Kier molecular flexibility index (Phi) is 5.83. The van der Waals surface area contributed by atoms with E-state index in [4.69, 9.17) is 16.7 Å². The first-order valence-corrected chi connectivity index (χ1v) is 11.7. The number of hydrogen-bond acceptors (Lipinski definition) is 6. The van der Waals surface area contributed by atoms with Crippen LogP contribution in [0.1, 0.15) is 55.0 Å². The third kappa shape index (κ3) is 4.05. The number of hydrogen-bond donors (Lipinski definition) is 2. The van der Waals surface area contributed by atoms with E-state index in [2.05, 4.69) is 34.4 Å². The first kappa shape index (κ1) is 22.5. The van der Waals surface area contributed by atoms with Crippen molar-refractivity contribution in [2.45, 2.75) is 51.7 Å². The molecule has 2 N–H and O–H groups in total. The van der Waals surface area contributed by atoms with Crippen LogP contribution in [-0.2, 0) is 22.7 Å². The monoisotopic (exact) mass is 479 g/mol. The fourth-order valence-corrected chi connectivity index (χ4v) is 4.58. The Bertz CT molecular complexity index is 1230. The van der Waals surface area contributed by atoms with Crippen molar-refractivity contribution in [3.8, 4) is 5.82 Å². The zero-order valence-electron chi connectivity index (χ0n) is 19.2. The molecule has 1 aromatic carbocycles. The maximum atomic E-state index is 13.5. The molecule has 2 aliphatic rings. The molecular weight excluding hydrogens is 454 g/mol. The predicted octanol–water partition coefficient (Wildman–Crippen LogP) is 3.00. The van der Waals surface area contributed by atoms with Crippen molar-refractivity contribution >= 4 is 29.2 Å². The minimum Gasteiger partial charge on any atom is -0.332 e. The lowest BCUT2D eigenvalue weighted by Gasteiger charge is -2.25. The zero-order chi connectivity index (χ0) is 24.0. The molecule has 2 aromatic heterocycles. The normalized spacial score (nSPS) is 17.6. The zero-order valence-corrected chi connectivity index (χ0v) is 20.0. The molecule has 2 atom stereocenters. The fraction of sp³-hybridized carbons (Fsp3) is 0.375. The quantitative estimate of drug-likeness (QED) is 0.563. The van der Waals surface area contributed by atoms with Crippen LogP contribution in [0.2, 0.25) is 5.02 Å². The lowest BCUT2D eigenvalue weighted by Crippen LogP contribution is -2.38. The highest BCUT2D eigenvalue weighted by Crippen LogP contribution is 2.35. The van der Waals surface area contributed by atoms with Crippen LogP contribution in [0.5, 0.6) is 0 Å². The molecule has 0 radical (unpaired) electrons. The van der Waals surface area contributed by atoms with E-state index in [1.807, 2.05) is 42.3 Å². The molecule has 2 aliphatic heterocycles. The van der Waals surface area contributed by atoms with E-state index in [-0.39, 0.29) is 29.7 Å². The molecule has 2 amide bonds. The number of benzene rings is 1. The first-order valence-electron chi connectivity index (χ1n) is 11.3. The van der Waals surface area contributed by atoms with Gasteiger partial charge in [-0.15, -0.1) is 0 Å². The average molecular weight is 480 g/mol. The second kappa shape index (κ2) is 8.81. The van der Waals surface area contributed by atoms with Gasteiger partial charge in [0.05, 0.1) is 29.6 Å². The number of aromatic nitrogens is 4. The smallest absolute Gasteiger partial charge is 0.233 e. The third-order valence-corrected chi connectivity index (χ3v) is 6.59. The maximum absolute atomic E-state index is 13.5. The molecule has 1 unspecified atom stereocenters. The topological polar surface area (TPSA) is 105 Å². The SMILES string of the molecule is CC(C)NCC(C(=O)N1Cc2cn(-c3ncnc4c3[C@H](C)C(=O)N4)nc2C1)c1ccc(Cl)cc1. The van der Waals surface area contributed by atoms with Crippen LogP contribution in [0.15, 0.2) is 36.8 Å². The summed E-state index contributed by atoms with van der Waals surface area (Å²) < 4.78 is 1.70. The van der Waals surface area contributed by atoms with Gasteiger partial charge >= 0.3 is 0 Å². The number of carbonyl (C=O) groups is 2. The van der Waals surface area contributed by atoms with Gasteiger partial charge in [-0.25, -0.2) is 14.6 Å². The molecule has 176 valence electrons. The van der Waals surface area contributed by atoms with Gasteiger partial charge in [0.15, 0.2) is 5.82 Å². The lowest BCUT2D eigenvalue weighted by molar-refractivity contribution is -0.133. The number of nitrogens with one attached hydrogen (secondary N) is 2. The summed E-state index contributed by atoms with van der Waals surface area (Å²) in [6.45, 7) is 7.39. The Morgan fingerprint density at radius 3 is 2.71 bits per heavy atom. The van der Waals surface area contributed by atoms with Crippen molar-refractivity contribution in [3.63, 3.8) is 0 Å². The summed E-state index contributed by atoms with van der Waals surface area (Å²) in [7, 11) is 0. The summed E-state index contributed by atoms with van der Waals surface area (Å²) in [5, 5.41) is 11.5. The second-order valence-corrected chi connectivity index (χ2v) is 9.51. The molecule has 9 nitrogen and oxygen atoms in total. The highest BCUT2D eigenvalue weighted by atomic mass is 35.5. The molecule has 10 heteroatoms. The molecule has 4 heterocycles. The molecule has 0 bridgehead atoms. The molecule has 3 aromatic rings. The van der Waals surface area contributed by atoms with Gasteiger partial charge in [-0.3, -0.25) is 9.59 Å². The Balaban J connectivity index is 1.37. The summed E-state index contributed by atoms with van der Waals surface area (Å²) >= 11 is 6.06. The number of anilines is 1. The van der Waals surface area contributed by atoms with E-state index in [0.717, 1.165) is 22.4 Å². The molecule has 0 saturated heterocycles. The van der Waals surface area contributed by atoms with Crippen molar-refractivity contribution in [2.24, 2.45) is 0 Å². The predicted molar refractivity (Wildman–Crippen MR) is 128 cm³/mol. The first-order chi connectivity index (χ1) is 16.3. The summed E-state index contributed by atoms with van der Waals surface area (Å²) in [6, 6.07) is 7.72. The van der Waals surface area contributed by atoms with E-state index < -0.39 is 0 Å². The second-order valence-electron chi connectivity index (χ2n) is 9.08. The van der Waals surface area contributed by atoms with Crippen LogP contribution >= 0.6 is 11.6 Å². The summed E-state index contributed by atoms with van der Waals surface area (Å²) in [6.07, 6.45) is 3.32. The Labute approximate surface area is 202 Å². The minimum atomic E-state index is -0.350. The minimum absolute atomic E-state index is 0.0476. The van der Waals surface area contributed by atoms with E-state index in [1.165, 1.54) is 6.33 Å². The Hall–Kier alpha value is -3.30. The number of fused-ring (bicyclic) bond motifs is 2. The molecule has 0 spiro atoms. The van der Waals surface area contributed by atoms with E-state index >= 15 is 0 Å². The molecule has 0 aliphatic carbocycles. The van der Waals surface area contributed by atoms with Gasteiger partial charge < -0.3 is 15.5 Å². The highest BCUT2D eigenvalue weighted by Gasteiger charge is 2.35. The van der Waals surface area contributed by atoms with Gasteiger partial charge in [-0.1, -0.05) is 37.6 Å². The molecule has 0 saturated carbocycles. The number of amides is 2. The van der Waals surface area contributed by atoms with Crippen molar-refractivity contribution in [3.05, 3.63) is 64.2 Å². The van der Waals surface area contributed by atoms with Gasteiger partial charge in [0.2, 0.25) is 11.8 Å². The van der Waals surface area contributed by atoms with Crippen LogP contribution in [0.3, 0.4) is 0 Å². The van der Waals surface area contributed by atoms with Gasteiger partial charge in [-0.05, 0) is 24.6 Å². The molecular formula is C24H26ClN7O2. The molecule has 0 fully saturated rings. The largest absolute Gasteiger partial charge is 0.332 e. The van der Waals surface area contributed by atoms with Crippen LogP contribution < -0.4 is 10.6 Å². The summed E-state index contributed by atoms with van der Waals surface area (Å²) in [5.74, 6) is 0.389. The van der Waals surface area contributed by atoms with Crippen LogP contribution in [0.4, 0.5) is 5.82 Å². The van der Waals surface area contributed by atoms with Gasteiger partial charge in [0, 0.05) is 35.9 Å². The number of nitrogens with zero attached hydrogens (tertiary/aromatic N) is 5. The third-order valence-electron chi connectivity index (χ3n) is 6.34. The standard InChI is InChI=1S/C24H26ClN7O2/c1-13(2)26-8-18(15-4-6-17(25)7-5-15)24(34)31-9-16-10-32(30-19(16)11-31)22-20-14(3)23(33)29-21(20)27-12-28-22/h4-7,10,12-14,18,26H,8-9,11H2,1-3H3,(H,27,28,29,33)/t14-,18?/m0/s1. The van der Waals surface area contributed by atoms with E-state index in [0.29, 0.717) is 36.3 Å². The van der Waals surface area contributed by atoms with Gasteiger partial charge in [0.1, 0.15) is 12.1 Å². The van der Waals surface area contributed by atoms with Crippen LogP contribution in [0.25, 0.3) is 5.82 Å². The van der Waals surface area contributed by atoms with E-state index in [1.54, 1.807) is 4.68 Å². The number of halogens is 1. The average Bonchev–Trinajstić information content (AvgIpc) is 3.46. The lowest BCUT2D eigenvalue weighted by atomic mass is 9.97. The van der Waals surface area contributed by atoms with Crippen molar-refractivity contribution < 1.29 is 9.59 Å². The van der Waals surface area contributed by atoms with Crippen LogP contribution in [-0.4, -0.2) is 49.0 Å². The summed E-state index contributed by atoms with van der Waals surface area (Å²) in [4.78, 5) is 36.0. The van der Waals surface area contributed by atoms with Crippen molar-refractivity contribution in [2.75, 3.05) is 11.9 Å². The highest BCUT2D eigenvalue weighted by molar-refractivity contribution is 6.30. The number of carbonyl (C=O) groups excluding carboxylic acids is 2. The van der Waals surface area contributed by atoms with Gasteiger partial charge in [-0.2, -0.15) is 5.10 Å².